The molecule has 0 aliphatic carbocycles. The second-order valence-corrected chi connectivity index (χ2v) is 6.01. The van der Waals surface area contributed by atoms with Crippen LogP contribution in [0.2, 0.25) is 0 Å². The Bertz CT molecular complexity index is 710. The average Bonchev–Trinajstić information content (AvgIpc) is 2.90. The van der Waals surface area contributed by atoms with Crippen molar-refractivity contribution in [2.45, 2.75) is 25.2 Å². The van der Waals surface area contributed by atoms with E-state index in [0.29, 0.717) is 25.1 Å². The highest BCUT2D eigenvalue weighted by Crippen LogP contribution is 2.37. The number of hydrogen-bond acceptors (Lipinski definition) is 2. The number of nitrogens with zero attached hydrogens (tertiary/aromatic N) is 1. The van der Waals surface area contributed by atoms with Gasteiger partial charge in [-0.3, -0.25) is 4.90 Å². The Morgan fingerprint density at radius 2 is 1.79 bits per heavy atom. The van der Waals surface area contributed by atoms with Gasteiger partial charge in [-0.2, -0.15) is 13.2 Å². The topological polar surface area (TPSA) is 29.3 Å². The summed E-state index contributed by atoms with van der Waals surface area (Å²) in [6, 6.07) is 9.91. The quantitative estimate of drug-likeness (QED) is 0.857. The van der Waals surface area contributed by atoms with Gasteiger partial charge in [0.1, 0.15) is 5.82 Å². The summed E-state index contributed by atoms with van der Waals surface area (Å²) in [5.41, 5.74) is 7.71. The van der Waals surface area contributed by atoms with Crippen LogP contribution >= 0.6 is 0 Å². The largest absolute Gasteiger partial charge is 0.416 e. The molecule has 1 heterocycles. The molecule has 0 bridgehead atoms. The fraction of sp³-hybridized carbons (Fsp3) is 0.333. The minimum absolute atomic E-state index is 0.220. The molecular weight excluding hydrogens is 320 g/mol. The number of benzene rings is 2. The Labute approximate surface area is 137 Å². The van der Waals surface area contributed by atoms with E-state index in [2.05, 4.69) is 4.90 Å². The predicted octanol–water partition coefficient (Wildman–Crippen LogP) is 3.90. The Morgan fingerprint density at radius 3 is 2.42 bits per heavy atom. The van der Waals surface area contributed by atoms with Gasteiger partial charge in [0.15, 0.2) is 0 Å². The molecule has 1 aliphatic heterocycles. The van der Waals surface area contributed by atoms with Crippen LogP contribution in [-0.4, -0.2) is 18.0 Å². The minimum atomic E-state index is -4.35. The Morgan fingerprint density at radius 1 is 1.08 bits per heavy atom. The number of hydrogen-bond donors (Lipinski definition) is 1. The SMILES string of the molecule is NCC1c2cc(C(F)(F)F)ccc2CN1CCc1ccc(F)cc1. The molecule has 0 saturated carbocycles. The highest BCUT2D eigenvalue weighted by atomic mass is 19.4. The lowest BCUT2D eigenvalue weighted by atomic mass is 10.0. The van der Waals surface area contributed by atoms with E-state index in [-0.39, 0.29) is 18.4 Å². The van der Waals surface area contributed by atoms with E-state index < -0.39 is 11.7 Å². The first kappa shape index (κ1) is 16.9. The van der Waals surface area contributed by atoms with Crippen LogP contribution in [0.4, 0.5) is 17.6 Å². The molecule has 2 aromatic rings. The van der Waals surface area contributed by atoms with E-state index in [1.165, 1.54) is 18.2 Å². The van der Waals surface area contributed by atoms with Gasteiger partial charge in [0, 0.05) is 25.7 Å². The lowest BCUT2D eigenvalue weighted by molar-refractivity contribution is -0.137. The lowest BCUT2D eigenvalue weighted by Crippen LogP contribution is -2.29. The van der Waals surface area contributed by atoms with Crippen molar-refractivity contribution in [2.24, 2.45) is 5.73 Å². The maximum absolute atomic E-state index is 12.9. The normalized spacial score (nSPS) is 18.0. The predicted molar refractivity (Wildman–Crippen MR) is 83.8 cm³/mol. The minimum Gasteiger partial charge on any atom is -0.329 e. The van der Waals surface area contributed by atoms with Crippen LogP contribution in [0.5, 0.6) is 0 Å². The summed E-state index contributed by atoms with van der Waals surface area (Å²) in [5.74, 6) is -0.285. The summed E-state index contributed by atoms with van der Waals surface area (Å²) in [6.07, 6.45) is -3.66. The number of alkyl halides is 3. The molecular formula is C18H18F4N2. The van der Waals surface area contributed by atoms with Crippen molar-refractivity contribution in [1.29, 1.82) is 0 Å². The summed E-state index contributed by atoms with van der Waals surface area (Å²) < 4.78 is 51.7. The number of nitrogens with two attached hydrogens (primary N) is 1. The molecule has 2 aromatic carbocycles. The highest BCUT2D eigenvalue weighted by Gasteiger charge is 2.35. The van der Waals surface area contributed by atoms with Crippen molar-refractivity contribution < 1.29 is 17.6 Å². The standard InChI is InChI=1S/C18H18F4N2/c19-15-5-1-12(2-6-15)7-8-24-11-13-3-4-14(18(20,21)22)9-16(13)17(24)10-23/h1-6,9,17H,7-8,10-11,23H2. The van der Waals surface area contributed by atoms with Gasteiger partial charge in [0.2, 0.25) is 0 Å². The Kier molecular flexibility index (Phi) is 4.60. The van der Waals surface area contributed by atoms with Crippen LogP contribution in [0.3, 0.4) is 0 Å². The second kappa shape index (κ2) is 6.53. The second-order valence-electron chi connectivity index (χ2n) is 6.01. The molecule has 1 aliphatic rings. The van der Waals surface area contributed by atoms with E-state index in [1.807, 2.05) is 0 Å². The fourth-order valence-electron chi connectivity index (χ4n) is 3.19. The number of fused-ring (bicyclic) bond motifs is 1. The first-order valence-electron chi connectivity index (χ1n) is 7.77. The van der Waals surface area contributed by atoms with Crippen molar-refractivity contribution >= 4 is 0 Å². The summed E-state index contributed by atoms with van der Waals surface area (Å²) in [5, 5.41) is 0. The van der Waals surface area contributed by atoms with Crippen LogP contribution in [0.15, 0.2) is 42.5 Å². The van der Waals surface area contributed by atoms with E-state index in [9.17, 15) is 17.6 Å². The fourth-order valence-corrected chi connectivity index (χ4v) is 3.19. The van der Waals surface area contributed by atoms with Crippen LogP contribution in [0.1, 0.15) is 28.3 Å². The molecule has 2 N–H and O–H groups in total. The maximum atomic E-state index is 12.9. The molecule has 0 aromatic heterocycles. The van der Waals surface area contributed by atoms with Crippen LogP contribution in [-0.2, 0) is 19.1 Å². The Hall–Kier alpha value is -1.92. The third-order valence-electron chi connectivity index (χ3n) is 4.47. The smallest absolute Gasteiger partial charge is 0.329 e. The highest BCUT2D eigenvalue weighted by molar-refractivity contribution is 5.39. The van der Waals surface area contributed by atoms with Gasteiger partial charge < -0.3 is 5.73 Å². The van der Waals surface area contributed by atoms with Gasteiger partial charge in [0.05, 0.1) is 5.56 Å². The molecule has 128 valence electrons. The molecule has 6 heteroatoms. The number of halogens is 4. The molecule has 0 radical (unpaired) electrons. The van der Waals surface area contributed by atoms with Gasteiger partial charge >= 0.3 is 6.18 Å². The van der Waals surface area contributed by atoms with Gasteiger partial charge in [0.25, 0.3) is 0 Å². The zero-order valence-electron chi connectivity index (χ0n) is 13.0. The average molecular weight is 338 g/mol. The third kappa shape index (κ3) is 3.44. The van der Waals surface area contributed by atoms with Gasteiger partial charge in [-0.1, -0.05) is 18.2 Å². The molecule has 2 nitrogen and oxygen atoms in total. The zero-order valence-corrected chi connectivity index (χ0v) is 13.0. The van der Waals surface area contributed by atoms with Crippen molar-refractivity contribution in [1.82, 2.24) is 4.90 Å². The first-order chi connectivity index (χ1) is 11.4. The van der Waals surface area contributed by atoms with Crippen molar-refractivity contribution in [2.75, 3.05) is 13.1 Å². The third-order valence-corrected chi connectivity index (χ3v) is 4.47. The molecule has 0 amide bonds. The van der Waals surface area contributed by atoms with E-state index in [0.717, 1.165) is 17.2 Å². The summed E-state index contributed by atoms with van der Waals surface area (Å²) in [6.45, 7) is 1.50. The van der Waals surface area contributed by atoms with Crippen LogP contribution in [0, 0.1) is 5.82 Å². The monoisotopic (exact) mass is 338 g/mol. The maximum Gasteiger partial charge on any atom is 0.416 e. The van der Waals surface area contributed by atoms with Gasteiger partial charge in [-0.15, -0.1) is 0 Å². The molecule has 0 fully saturated rings. The van der Waals surface area contributed by atoms with E-state index in [4.69, 9.17) is 5.73 Å². The van der Waals surface area contributed by atoms with E-state index >= 15 is 0 Å². The van der Waals surface area contributed by atoms with Crippen molar-refractivity contribution in [3.05, 3.63) is 70.5 Å². The van der Waals surface area contributed by atoms with Crippen LogP contribution in [0.25, 0.3) is 0 Å². The molecule has 0 saturated heterocycles. The zero-order chi connectivity index (χ0) is 17.3. The lowest BCUT2D eigenvalue weighted by Gasteiger charge is -2.24. The Balaban J connectivity index is 1.75. The molecule has 0 spiro atoms. The van der Waals surface area contributed by atoms with Crippen molar-refractivity contribution in [3.8, 4) is 0 Å². The van der Waals surface area contributed by atoms with Crippen LogP contribution < -0.4 is 5.73 Å². The van der Waals surface area contributed by atoms with Gasteiger partial charge in [-0.05, 0) is 47.4 Å². The first-order valence-corrected chi connectivity index (χ1v) is 7.77. The van der Waals surface area contributed by atoms with E-state index in [1.54, 1.807) is 18.2 Å². The summed E-state index contributed by atoms with van der Waals surface area (Å²) in [4.78, 5) is 2.08. The summed E-state index contributed by atoms with van der Waals surface area (Å²) >= 11 is 0. The molecule has 24 heavy (non-hydrogen) atoms. The molecule has 1 unspecified atom stereocenters. The van der Waals surface area contributed by atoms with Crippen molar-refractivity contribution in [3.63, 3.8) is 0 Å². The van der Waals surface area contributed by atoms with Gasteiger partial charge in [-0.25, -0.2) is 4.39 Å². The molecule has 1 atom stereocenters. The summed E-state index contributed by atoms with van der Waals surface area (Å²) in [7, 11) is 0. The number of rotatable bonds is 4. The molecule has 3 rings (SSSR count).